The molecule has 1 unspecified atom stereocenters. The van der Waals surface area contributed by atoms with Gasteiger partial charge in [-0.15, -0.1) is 0 Å². The lowest BCUT2D eigenvalue weighted by Gasteiger charge is -2.19. The van der Waals surface area contributed by atoms with E-state index in [1.54, 1.807) is 7.11 Å². The van der Waals surface area contributed by atoms with Gasteiger partial charge in [0.2, 0.25) is 0 Å². The van der Waals surface area contributed by atoms with Gasteiger partial charge in [0.15, 0.2) is 0 Å². The smallest absolute Gasteiger partial charge is 0.0899 e. The van der Waals surface area contributed by atoms with Crippen molar-refractivity contribution in [1.82, 2.24) is 4.90 Å². The normalized spacial score (nSPS) is 13.5. The molecule has 0 radical (unpaired) electrons. The number of nitrogens with zero attached hydrogens (tertiary/aromatic N) is 1. The van der Waals surface area contributed by atoms with Crippen LogP contribution >= 0.6 is 0 Å². The Morgan fingerprint density at radius 2 is 2.00 bits per heavy atom. The summed E-state index contributed by atoms with van der Waals surface area (Å²) in [6.07, 6.45) is 4.76. The number of hydrogen-bond acceptors (Lipinski definition) is 3. The molecule has 1 N–H and O–H groups in total. The molecule has 0 aliphatic heterocycles. The molecular formula is C11H25NO2. The number of hydrogen-bond donors (Lipinski definition) is 1. The van der Waals surface area contributed by atoms with Crippen molar-refractivity contribution >= 4 is 0 Å². The second-order valence-corrected chi connectivity index (χ2v) is 3.93. The molecule has 0 aliphatic rings. The topological polar surface area (TPSA) is 32.7 Å². The van der Waals surface area contributed by atoms with Crippen LogP contribution in [0.5, 0.6) is 0 Å². The van der Waals surface area contributed by atoms with Gasteiger partial charge < -0.3 is 14.7 Å². The van der Waals surface area contributed by atoms with Crippen LogP contribution in [-0.4, -0.2) is 50.0 Å². The number of unbranched alkanes of at least 4 members (excludes halogenated alkanes) is 3. The van der Waals surface area contributed by atoms with Crippen LogP contribution in [0, 0.1) is 0 Å². The van der Waals surface area contributed by atoms with Crippen molar-refractivity contribution in [3.8, 4) is 0 Å². The zero-order valence-corrected chi connectivity index (χ0v) is 9.83. The summed E-state index contributed by atoms with van der Waals surface area (Å²) >= 11 is 0. The molecule has 0 spiro atoms. The predicted octanol–water partition coefficient (Wildman–Crippen LogP) is 1.51. The Morgan fingerprint density at radius 1 is 1.29 bits per heavy atom. The summed E-state index contributed by atoms with van der Waals surface area (Å²) in [6, 6.07) is 0. The Labute approximate surface area is 88.1 Å². The van der Waals surface area contributed by atoms with Gasteiger partial charge >= 0.3 is 0 Å². The van der Waals surface area contributed by atoms with E-state index in [1.807, 2.05) is 7.05 Å². The molecule has 0 aromatic carbocycles. The first-order chi connectivity index (χ1) is 6.70. The van der Waals surface area contributed by atoms with E-state index in [4.69, 9.17) is 4.74 Å². The predicted molar refractivity (Wildman–Crippen MR) is 59.5 cm³/mol. The fourth-order valence-electron chi connectivity index (χ4n) is 1.50. The summed E-state index contributed by atoms with van der Waals surface area (Å²) < 4.78 is 4.87. The minimum absolute atomic E-state index is 0.351. The molecule has 3 heteroatoms. The molecule has 0 fully saturated rings. The third-order valence-electron chi connectivity index (χ3n) is 2.27. The minimum Gasteiger partial charge on any atom is -0.389 e. The van der Waals surface area contributed by atoms with Crippen molar-refractivity contribution in [3.63, 3.8) is 0 Å². The molecule has 0 saturated heterocycles. The minimum atomic E-state index is -0.351. The molecule has 0 rings (SSSR count). The van der Waals surface area contributed by atoms with Gasteiger partial charge in [-0.2, -0.15) is 0 Å². The first kappa shape index (κ1) is 13.9. The van der Waals surface area contributed by atoms with Gasteiger partial charge in [-0.1, -0.05) is 26.2 Å². The van der Waals surface area contributed by atoms with Crippen LogP contribution in [0.25, 0.3) is 0 Å². The average Bonchev–Trinajstić information content (AvgIpc) is 2.13. The van der Waals surface area contributed by atoms with Gasteiger partial charge in [0.05, 0.1) is 12.7 Å². The highest BCUT2D eigenvalue weighted by molar-refractivity contribution is 4.60. The van der Waals surface area contributed by atoms with E-state index >= 15 is 0 Å². The number of aliphatic hydroxyl groups excluding tert-OH is 1. The van der Waals surface area contributed by atoms with Gasteiger partial charge in [-0.05, 0) is 20.0 Å². The van der Waals surface area contributed by atoms with Gasteiger partial charge in [-0.3, -0.25) is 0 Å². The highest BCUT2D eigenvalue weighted by Gasteiger charge is 2.06. The number of methoxy groups -OCH3 is 1. The summed E-state index contributed by atoms with van der Waals surface area (Å²) in [7, 11) is 3.66. The van der Waals surface area contributed by atoms with Crippen LogP contribution in [0.1, 0.15) is 32.6 Å². The van der Waals surface area contributed by atoms with E-state index in [0.29, 0.717) is 13.2 Å². The third-order valence-corrected chi connectivity index (χ3v) is 2.27. The van der Waals surface area contributed by atoms with Crippen molar-refractivity contribution in [2.75, 3.05) is 33.9 Å². The first-order valence-electron chi connectivity index (χ1n) is 5.56. The Hall–Kier alpha value is -0.120. The molecule has 14 heavy (non-hydrogen) atoms. The van der Waals surface area contributed by atoms with E-state index < -0.39 is 0 Å². The molecule has 0 aliphatic carbocycles. The van der Waals surface area contributed by atoms with Crippen LogP contribution in [0.4, 0.5) is 0 Å². The molecule has 0 aromatic heterocycles. The van der Waals surface area contributed by atoms with Gasteiger partial charge in [0, 0.05) is 13.7 Å². The van der Waals surface area contributed by atoms with E-state index in [1.165, 1.54) is 25.7 Å². The quantitative estimate of drug-likeness (QED) is 0.577. The number of aliphatic hydroxyl groups is 1. The Morgan fingerprint density at radius 3 is 2.57 bits per heavy atom. The van der Waals surface area contributed by atoms with E-state index in [2.05, 4.69) is 11.8 Å². The maximum Gasteiger partial charge on any atom is 0.0899 e. The first-order valence-corrected chi connectivity index (χ1v) is 5.56. The summed E-state index contributed by atoms with van der Waals surface area (Å²) in [6.45, 7) is 4.42. The third kappa shape index (κ3) is 8.48. The molecule has 1 atom stereocenters. The molecule has 0 saturated carbocycles. The summed E-state index contributed by atoms with van der Waals surface area (Å²) in [5.74, 6) is 0. The van der Waals surface area contributed by atoms with Crippen LogP contribution in [0.15, 0.2) is 0 Å². The maximum atomic E-state index is 9.46. The lowest BCUT2D eigenvalue weighted by molar-refractivity contribution is 0.0430. The highest BCUT2D eigenvalue weighted by Crippen LogP contribution is 2.00. The lowest BCUT2D eigenvalue weighted by atomic mass is 10.2. The molecule has 0 amide bonds. The van der Waals surface area contributed by atoms with Crippen molar-refractivity contribution in [1.29, 1.82) is 0 Å². The largest absolute Gasteiger partial charge is 0.389 e. The van der Waals surface area contributed by atoms with Crippen molar-refractivity contribution < 1.29 is 9.84 Å². The van der Waals surface area contributed by atoms with Crippen LogP contribution in [-0.2, 0) is 4.74 Å². The Balaban J connectivity index is 3.30. The van der Waals surface area contributed by atoms with E-state index in [0.717, 1.165) is 6.54 Å². The fraction of sp³-hybridized carbons (Fsp3) is 1.00. The summed E-state index contributed by atoms with van der Waals surface area (Å²) in [4.78, 5) is 2.17. The average molecular weight is 203 g/mol. The van der Waals surface area contributed by atoms with Gasteiger partial charge in [-0.25, -0.2) is 0 Å². The number of likely N-dealkylation sites (N-methyl/N-ethyl adjacent to an activating group) is 1. The van der Waals surface area contributed by atoms with E-state index in [9.17, 15) is 5.11 Å². The van der Waals surface area contributed by atoms with E-state index in [-0.39, 0.29) is 6.10 Å². The SMILES string of the molecule is CCCCCCN(C)CC(O)COC. The van der Waals surface area contributed by atoms with Crippen LogP contribution in [0.2, 0.25) is 0 Å². The lowest BCUT2D eigenvalue weighted by Crippen LogP contribution is -2.32. The maximum absolute atomic E-state index is 9.46. The standard InChI is InChI=1S/C11H25NO2/c1-4-5-6-7-8-12(2)9-11(13)10-14-3/h11,13H,4-10H2,1-3H3. The molecule has 0 heterocycles. The summed E-state index contributed by atoms with van der Waals surface area (Å²) in [5.41, 5.74) is 0. The van der Waals surface area contributed by atoms with Crippen molar-refractivity contribution in [2.24, 2.45) is 0 Å². The fourth-order valence-corrected chi connectivity index (χ4v) is 1.50. The van der Waals surface area contributed by atoms with Crippen LogP contribution < -0.4 is 0 Å². The van der Waals surface area contributed by atoms with Crippen LogP contribution in [0.3, 0.4) is 0 Å². The second-order valence-electron chi connectivity index (χ2n) is 3.93. The van der Waals surface area contributed by atoms with Crippen molar-refractivity contribution in [3.05, 3.63) is 0 Å². The zero-order chi connectivity index (χ0) is 10.8. The van der Waals surface area contributed by atoms with Crippen molar-refractivity contribution in [2.45, 2.75) is 38.7 Å². The summed E-state index contributed by atoms with van der Waals surface area (Å²) in [5, 5.41) is 9.46. The highest BCUT2D eigenvalue weighted by atomic mass is 16.5. The molecule has 86 valence electrons. The molecular weight excluding hydrogens is 178 g/mol. The Bertz CT molecular complexity index is 120. The van der Waals surface area contributed by atoms with Gasteiger partial charge in [0.25, 0.3) is 0 Å². The van der Waals surface area contributed by atoms with Gasteiger partial charge in [0.1, 0.15) is 0 Å². The number of ether oxygens (including phenoxy) is 1. The monoisotopic (exact) mass is 203 g/mol. The number of rotatable bonds is 9. The second kappa shape index (κ2) is 9.44. The molecule has 0 bridgehead atoms. The molecule has 3 nitrogen and oxygen atoms in total. The zero-order valence-electron chi connectivity index (χ0n) is 9.83. The Kier molecular flexibility index (Phi) is 9.35. The molecule has 0 aromatic rings.